The second-order valence-corrected chi connectivity index (χ2v) is 3.34. The van der Waals surface area contributed by atoms with Crippen molar-refractivity contribution in [3.05, 3.63) is 29.8 Å². The van der Waals surface area contributed by atoms with E-state index in [0.717, 1.165) is 24.2 Å². The second kappa shape index (κ2) is 3.21. The third kappa shape index (κ3) is 1.44. The van der Waals surface area contributed by atoms with E-state index in [-0.39, 0.29) is 11.9 Å². The fourth-order valence-electron chi connectivity index (χ4n) is 1.62. The zero-order chi connectivity index (χ0) is 9.26. The number of rotatable bonds is 1. The minimum atomic E-state index is -0.0822. The molecule has 0 saturated heterocycles. The molecule has 0 spiro atoms. The molecule has 1 aliphatic rings. The van der Waals surface area contributed by atoms with E-state index in [4.69, 9.17) is 4.74 Å². The van der Waals surface area contributed by atoms with Crippen molar-refractivity contribution in [1.29, 1.82) is 0 Å². The van der Waals surface area contributed by atoms with Crippen LogP contribution in [-0.2, 0) is 11.2 Å². The van der Waals surface area contributed by atoms with E-state index in [2.05, 4.69) is 0 Å². The van der Waals surface area contributed by atoms with Crippen LogP contribution >= 0.6 is 0 Å². The lowest BCUT2D eigenvalue weighted by atomic mass is 9.94. The first kappa shape index (κ1) is 8.30. The predicted molar refractivity (Wildman–Crippen MR) is 49.6 cm³/mol. The van der Waals surface area contributed by atoms with Gasteiger partial charge in [-0.05, 0) is 24.5 Å². The molecule has 68 valence electrons. The summed E-state index contributed by atoms with van der Waals surface area (Å²) >= 11 is 0. The maximum atomic E-state index is 11.4. The van der Waals surface area contributed by atoms with Crippen molar-refractivity contribution in [2.75, 3.05) is 0 Å². The Morgan fingerprint density at radius 2 is 2.23 bits per heavy atom. The molecule has 1 aliphatic heterocycles. The highest BCUT2D eigenvalue weighted by Crippen LogP contribution is 2.28. The molecule has 2 nitrogen and oxygen atoms in total. The van der Waals surface area contributed by atoms with Crippen molar-refractivity contribution in [1.82, 2.24) is 0 Å². The van der Waals surface area contributed by atoms with Crippen molar-refractivity contribution in [2.24, 2.45) is 5.92 Å². The number of hydrogen-bond donors (Lipinski definition) is 0. The van der Waals surface area contributed by atoms with Gasteiger partial charge in [-0.3, -0.25) is 4.79 Å². The van der Waals surface area contributed by atoms with Crippen molar-refractivity contribution < 1.29 is 9.53 Å². The molecule has 1 aromatic rings. The maximum absolute atomic E-state index is 11.4. The first-order chi connectivity index (χ1) is 6.31. The highest BCUT2D eigenvalue weighted by Gasteiger charge is 2.26. The van der Waals surface area contributed by atoms with E-state index in [1.807, 2.05) is 31.2 Å². The number of carbonyl (C=O) groups is 1. The predicted octanol–water partition coefficient (Wildman–Crippen LogP) is 2.17. The average Bonchev–Trinajstić information content (AvgIpc) is 2.17. The highest BCUT2D eigenvalue weighted by atomic mass is 16.5. The maximum Gasteiger partial charge on any atom is 0.314 e. The summed E-state index contributed by atoms with van der Waals surface area (Å²) in [6, 6.07) is 7.73. The summed E-state index contributed by atoms with van der Waals surface area (Å²) in [5, 5.41) is 0. The smallest absolute Gasteiger partial charge is 0.314 e. The number of esters is 1. The zero-order valence-corrected chi connectivity index (χ0v) is 7.62. The molecular weight excluding hydrogens is 164 g/mol. The molecule has 0 saturated carbocycles. The van der Waals surface area contributed by atoms with Crippen LogP contribution in [0.1, 0.15) is 18.9 Å². The highest BCUT2D eigenvalue weighted by molar-refractivity contribution is 5.77. The van der Waals surface area contributed by atoms with Crippen molar-refractivity contribution in [2.45, 2.75) is 19.8 Å². The molecular formula is C11H12O2. The van der Waals surface area contributed by atoms with Gasteiger partial charge in [0.1, 0.15) is 5.75 Å². The minimum absolute atomic E-state index is 0.0508. The Hall–Kier alpha value is -1.31. The second-order valence-electron chi connectivity index (χ2n) is 3.34. The van der Waals surface area contributed by atoms with Gasteiger partial charge in [-0.1, -0.05) is 25.1 Å². The number of hydrogen-bond acceptors (Lipinski definition) is 2. The van der Waals surface area contributed by atoms with E-state index in [9.17, 15) is 4.79 Å². The largest absolute Gasteiger partial charge is 0.426 e. The molecule has 0 amide bonds. The molecule has 0 radical (unpaired) electrons. The molecule has 0 fully saturated rings. The van der Waals surface area contributed by atoms with E-state index in [0.29, 0.717) is 0 Å². The average molecular weight is 176 g/mol. The number of carbonyl (C=O) groups excluding carboxylic acids is 1. The van der Waals surface area contributed by atoms with Gasteiger partial charge in [-0.25, -0.2) is 0 Å². The molecule has 2 heteroatoms. The number of fused-ring (bicyclic) bond motifs is 1. The Balaban J connectivity index is 2.33. The first-order valence-corrected chi connectivity index (χ1v) is 4.61. The molecule has 1 atom stereocenters. The van der Waals surface area contributed by atoms with E-state index < -0.39 is 0 Å². The lowest BCUT2D eigenvalue weighted by molar-refractivity contribution is -0.140. The van der Waals surface area contributed by atoms with E-state index in [1.165, 1.54) is 0 Å². The Morgan fingerprint density at radius 3 is 3.00 bits per heavy atom. The van der Waals surface area contributed by atoms with E-state index >= 15 is 0 Å². The number of benzene rings is 1. The van der Waals surface area contributed by atoms with Gasteiger partial charge in [0.15, 0.2) is 0 Å². The Labute approximate surface area is 77.5 Å². The standard InChI is InChI=1S/C11H12O2/c1-2-8-7-9-5-3-4-6-10(9)13-11(8)12/h3-6,8H,2,7H2,1H3. The summed E-state index contributed by atoms with van der Waals surface area (Å²) in [4.78, 5) is 11.4. The van der Waals surface area contributed by atoms with Crippen LogP contribution in [0.2, 0.25) is 0 Å². The summed E-state index contributed by atoms with van der Waals surface area (Å²) in [7, 11) is 0. The van der Waals surface area contributed by atoms with Crippen molar-refractivity contribution >= 4 is 5.97 Å². The lowest BCUT2D eigenvalue weighted by Gasteiger charge is -2.21. The van der Waals surface area contributed by atoms with Crippen LogP contribution in [0.4, 0.5) is 0 Å². The molecule has 0 aliphatic carbocycles. The minimum Gasteiger partial charge on any atom is -0.426 e. The monoisotopic (exact) mass is 176 g/mol. The fraction of sp³-hybridized carbons (Fsp3) is 0.364. The summed E-state index contributed by atoms with van der Waals surface area (Å²) in [6.07, 6.45) is 1.68. The zero-order valence-electron chi connectivity index (χ0n) is 7.62. The van der Waals surface area contributed by atoms with Crippen LogP contribution in [-0.4, -0.2) is 5.97 Å². The van der Waals surface area contributed by atoms with Gasteiger partial charge < -0.3 is 4.74 Å². The van der Waals surface area contributed by atoms with Crippen molar-refractivity contribution in [3.63, 3.8) is 0 Å². The van der Waals surface area contributed by atoms with Gasteiger partial charge >= 0.3 is 5.97 Å². The molecule has 0 N–H and O–H groups in total. The summed E-state index contributed by atoms with van der Waals surface area (Å²) < 4.78 is 5.20. The van der Waals surface area contributed by atoms with Gasteiger partial charge in [-0.2, -0.15) is 0 Å². The van der Waals surface area contributed by atoms with E-state index in [1.54, 1.807) is 0 Å². The van der Waals surface area contributed by atoms with Gasteiger partial charge in [0, 0.05) is 0 Å². The SMILES string of the molecule is CCC1Cc2ccccc2OC1=O. The van der Waals surface area contributed by atoms with Crippen LogP contribution in [0.15, 0.2) is 24.3 Å². The third-order valence-electron chi connectivity index (χ3n) is 2.48. The number of para-hydroxylation sites is 1. The van der Waals surface area contributed by atoms with Gasteiger partial charge in [0.05, 0.1) is 5.92 Å². The molecule has 2 rings (SSSR count). The summed E-state index contributed by atoms with van der Waals surface area (Å²) in [6.45, 7) is 2.01. The molecule has 13 heavy (non-hydrogen) atoms. The number of ether oxygens (including phenoxy) is 1. The molecule has 1 aromatic carbocycles. The van der Waals surface area contributed by atoms with Crippen LogP contribution in [0.5, 0.6) is 5.75 Å². The van der Waals surface area contributed by atoms with Gasteiger partial charge in [-0.15, -0.1) is 0 Å². The van der Waals surface area contributed by atoms with Crippen LogP contribution in [0, 0.1) is 5.92 Å². The Morgan fingerprint density at radius 1 is 1.46 bits per heavy atom. The molecule has 0 aromatic heterocycles. The van der Waals surface area contributed by atoms with Gasteiger partial charge in [0.2, 0.25) is 0 Å². The molecule has 1 heterocycles. The van der Waals surface area contributed by atoms with Crippen LogP contribution in [0.3, 0.4) is 0 Å². The summed E-state index contributed by atoms with van der Waals surface area (Å²) in [5.74, 6) is 0.702. The topological polar surface area (TPSA) is 26.3 Å². The fourth-order valence-corrected chi connectivity index (χ4v) is 1.62. The van der Waals surface area contributed by atoms with Gasteiger partial charge in [0.25, 0.3) is 0 Å². The molecule has 1 unspecified atom stereocenters. The quantitative estimate of drug-likeness (QED) is 0.484. The Bertz CT molecular complexity index is 331. The van der Waals surface area contributed by atoms with Crippen LogP contribution in [0.25, 0.3) is 0 Å². The summed E-state index contributed by atoms with van der Waals surface area (Å²) in [5.41, 5.74) is 1.15. The van der Waals surface area contributed by atoms with Crippen molar-refractivity contribution in [3.8, 4) is 5.75 Å². The molecule has 0 bridgehead atoms. The first-order valence-electron chi connectivity index (χ1n) is 4.61. The third-order valence-corrected chi connectivity index (χ3v) is 2.48. The normalized spacial score (nSPS) is 20.7. The Kier molecular flexibility index (Phi) is 2.05. The van der Waals surface area contributed by atoms with Crippen LogP contribution < -0.4 is 4.74 Å². The lowest BCUT2D eigenvalue weighted by Crippen LogP contribution is -2.26.